The summed E-state index contributed by atoms with van der Waals surface area (Å²) in [6.07, 6.45) is 3.73. The Bertz CT molecular complexity index is 1310. The van der Waals surface area contributed by atoms with Gasteiger partial charge in [-0.2, -0.15) is 0 Å². The second-order valence-corrected chi connectivity index (χ2v) is 7.45. The molecule has 7 heteroatoms. The van der Waals surface area contributed by atoms with Gasteiger partial charge in [-0.15, -0.1) is 0 Å². The van der Waals surface area contributed by atoms with Crippen LogP contribution < -0.4 is 11.2 Å². The molecule has 0 saturated carbocycles. The summed E-state index contributed by atoms with van der Waals surface area (Å²) in [5.41, 5.74) is 3.34. The summed E-state index contributed by atoms with van der Waals surface area (Å²) < 4.78 is 5.35. The van der Waals surface area contributed by atoms with E-state index < -0.39 is 0 Å². The van der Waals surface area contributed by atoms with Gasteiger partial charge in [-0.05, 0) is 36.8 Å². The number of hydrogen-bond donors (Lipinski definition) is 0. The minimum absolute atomic E-state index is 0.367. The van der Waals surface area contributed by atoms with Crippen molar-refractivity contribution >= 4 is 21.6 Å². The number of pyridine rings is 1. The Morgan fingerprint density at radius 2 is 1.81 bits per heavy atom. The van der Waals surface area contributed by atoms with Gasteiger partial charge in [0.1, 0.15) is 5.65 Å². The number of rotatable bonds is 2. The molecule has 27 heavy (non-hydrogen) atoms. The molecule has 0 saturated heterocycles. The summed E-state index contributed by atoms with van der Waals surface area (Å²) in [6, 6.07) is 11.5. The summed E-state index contributed by atoms with van der Waals surface area (Å²) in [7, 11) is 3.15. The SMILES string of the molecule is Cc1ccn2cc(-c3c(-c4cccc(Br)c4)n(C)c(=O)n(C)c3=O)nc2c1. The van der Waals surface area contributed by atoms with Gasteiger partial charge in [-0.3, -0.25) is 13.9 Å². The third-order valence-corrected chi connectivity index (χ3v) is 5.13. The van der Waals surface area contributed by atoms with E-state index in [1.807, 2.05) is 60.1 Å². The van der Waals surface area contributed by atoms with E-state index >= 15 is 0 Å². The van der Waals surface area contributed by atoms with E-state index in [0.717, 1.165) is 25.8 Å². The van der Waals surface area contributed by atoms with Gasteiger partial charge in [-0.1, -0.05) is 28.1 Å². The second-order valence-electron chi connectivity index (χ2n) is 6.54. The molecule has 0 aliphatic rings. The Hall–Kier alpha value is -2.93. The van der Waals surface area contributed by atoms with E-state index in [-0.39, 0.29) is 11.2 Å². The number of aromatic nitrogens is 4. The predicted molar refractivity (Wildman–Crippen MR) is 109 cm³/mol. The van der Waals surface area contributed by atoms with Crippen molar-refractivity contribution in [3.63, 3.8) is 0 Å². The molecule has 0 bridgehead atoms. The van der Waals surface area contributed by atoms with Crippen molar-refractivity contribution < 1.29 is 0 Å². The fraction of sp³-hybridized carbons (Fsp3) is 0.150. The number of hydrogen-bond acceptors (Lipinski definition) is 3. The maximum Gasteiger partial charge on any atom is 0.330 e. The summed E-state index contributed by atoms with van der Waals surface area (Å²) in [5.74, 6) is 0. The molecular weight excluding hydrogens is 408 g/mol. The van der Waals surface area contributed by atoms with Gasteiger partial charge in [0, 0.05) is 36.5 Å². The molecule has 0 N–H and O–H groups in total. The third kappa shape index (κ3) is 2.84. The lowest BCUT2D eigenvalue weighted by Crippen LogP contribution is -2.38. The zero-order chi connectivity index (χ0) is 19.3. The number of fused-ring (bicyclic) bond motifs is 1. The molecule has 0 atom stereocenters. The summed E-state index contributed by atoms with van der Waals surface area (Å²) in [4.78, 5) is 30.3. The van der Waals surface area contributed by atoms with E-state index in [0.29, 0.717) is 17.0 Å². The van der Waals surface area contributed by atoms with Crippen LogP contribution in [-0.4, -0.2) is 18.5 Å². The molecular formula is C20H17BrN4O2. The fourth-order valence-electron chi connectivity index (χ4n) is 3.25. The first-order valence-electron chi connectivity index (χ1n) is 8.38. The lowest BCUT2D eigenvalue weighted by Gasteiger charge is -2.14. The normalized spacial score (nSPS) is 11.3. The van der Waals surface area contributed by atoms with Crippen molar-refractivity contribution in [2.75, 3.05) is 0 Å². The van der Waals surface area contributed by atoms with E-state index in [4.69, 9.17) is 0 Å². The van der Waals surface area contributed by atoms with Crippen molar-refractivity contribution in [1.29, 1.82) is 0 Å². The van der Waals surface area contributed by atoms with Crippen LogP contribution in [0.25, 0.3) is 28.2 Å². The van der Waals surface area contributed by atoms with Crippen LogP contribution in [0.4, 0.5) is 0 Å². The molecule has 0 radical (unpaired) electrons. The van der Waals surface area contributed by atoms with E-state index in [2.05, 4.69) is 20.9 Å². The molecule has 3 aromatic heterocycles. The fourth-order valence-corrected chi connectivity index (χ4v) is 3.65. The maximum absolute atomic E-state index is 13.1. The molecule has 3 heterocycles. The molecule has 1 aromatic carbocycles. The number of nitrogens with zero attached hydrogens (tertiary/aromatic N) is 4. The highest BCUT2D eigenvalue weighted by Crippen LogP contribution is 2.29. The highest BCUT2D eigenvalue weighted by atomic mass is 79.9. The minimum Gasteiger partial charge on any atom is -0.306 e. The molecule has 4 rings (SSSR count). The summed E-state index contributed by atoms with van der Waals surface area (Å²) >= 11 is 3.46. The van der Waals surface area contributed by atoms with Gasteiger partial charge in [0.2, 0.25) is 0 Å². The zero-order valence-electron chi connectivity index (χ0n) is 15.1. The minimum atomic E-state index is -0.377. The summed E-state index contributed by atoms with van der Waals surface area (Å²) in [6.45, 7) is 1.99. The van der Waals surface area contributed by atoms with Gasteiger partial charge in [-0.25, -0.2) is 9.78 Å². The Morgan fingerprint density at radius 1 is 1.04 bits per heavy atom. The first-order valence-corrected chi connectivity index (χ1v) is 9.18. The lowest BCUT2D eigenvalue weighted by molar-refractivity contribution is 0.694. The second kappa shape index (κ2) is 6.35. The van der Waals surface area contributed by atoms with Crippen molar-refractivity contribution in [2.45, 2.75) is 6.92 Å². The lowest BCUT2D eigenvalue weighted by atomic mass is 10.0. The van der Waals surface area contributed by atoms with Crippen molar-refractivity contribution in [3.8, 4) is 22.5 Å². The highest BCUT2D eigenvalue weighted by molar-refractivity contribution is 9.10. The van der Waals surface area contributed by atoms with Crippen LogP contribution in [0.15, 0.2) is 62.9 Å². The number of benzene rings is 1. The predicted octanol–water partition coefficient (Wildman–Crippen LogP) is 3.14. The molecule has 0 amide bonds. The van der Waals surface area contributed by atoms with Crippen LogP contribution in [0.3, 0.4) is 0 Å². The van der Waals surface area contributed by atoms with E-state index in [9.17, 15) is 9.59 Å². The van der Waals surface area contributed by atoms with Crippen molar-refractivity contribution in [3.05, 3.63) is 79.7 Å². The Morgan fingerprint density at radius 3 is 2.56 bits per heavy atom. The van der Waals surface area contributed by atoms with Gasteiger partial charge < -0.3 is 4.40 Å². The van der Waals surface area contributed by atoms with Crippen LogP contribution in [0.1, 0.15) is 5.56 Å². The molecule has 0 spiro atoms. The van der Waals surface area contributed by atoms with Crippen molar-refractivity contribution in [1.82, 2.24) is 18.5 Å². The number of halogens is 1. The van der Waals surface area contributed by atoms with Crippen LogP contribution in [-0.2, 0) is 14.1 Å². The molecule has 4 aromatic rings. The largest absolute Gasteiger partial charge is 0.330 e. The van der Waals surface area contributed by atoms with Gasteiger partial charge in [0.25, 0.3) is 5.56 Å². The molecule has 6 nitrogen and oxygen atoms in total. The van der Waals surface area contributed by atoms with Crippen molar-refractivity contribution in [2.24, 2.45) is 14.1 Å². The maximum atomic E-state index is 13.1. The monoisotopic (exact) mass is 424 g/mol. The third-order valence-electron chi connectivity index (χ3n) is 4.63. The van der Waals surface area contributed by atoms with Crippen LogP contribution in [0, 0.1) is 6.92 Å². The Kier molecular flexibility index (Phi) is 4.11. The standard InChI is InChI=1S/C20H17BrN4O2/c1-12-7-8-25-11-15(22-16(25)9-12)17-18(13-5-4-6-14(21)10-13)23(2)20(27)24(3)19(17)26/h4-11H,1-3H3. The van der Waals surface area contributed by atoms with Gasteiger partial charge in [0.15, 0.2) is 0 Å². The Balaban J connectivity index is 2.12. The molecule has 0 unspecified atom stereocenters. The average molecular weight is 425 g/mol. The molecule has 0 aliphatic heterocycles. The number of aryl methyl sites for hydroxylation is 1. The topological polar surface area (TPSA) is 61.3 Å². The summed E-state index contributed by atoms with van der Waals surface area (Å²) in [5, 5.41) is 0. The van der Waals surface area contributed by atoms with Crippen LogP contribution in [0.2, 0.25) is 0 Å². The molecule has 0 fully saturated rings. The van der Waals surface area contributed by atoms with Gasteiger partial charge >= 0.3 is 5.69 Å². The smallest absolute Gasteiger partial charge is 0.306 e. The highest BCUT2D eigenvalue weighted by Gasteiger charge is 2.21. The first kappa shape index (κ1) is 17.5. The Labute approximate surface area is 163 Å². The van der Waals surface area contributed by atoms with Crippen LogP contribution in [0.5, 0.6) is 0 Å². The average Bonchev–Trinajstić information content (AvgIpc) is 3.05. The molecule has 0 aliphatic carbocycles. The quantitative estimate of drug-likeness (QED) is 0.496. The van der Waals surface area contributed by atoms with E-state index in [1.54, 1.807) is 7.05 Å². The first-order chi connectivity index (χ1) is 12.9. The number of imidazole rings is 1. The molecule has 136 valence electrons. The zero-order valence-corrected chi connectivity index (χ0v) is 16.7. The van der Waals surface area contributed by atoms with Crippen LogP contribution >= 0.6 is 15.9 Å². The van der Waals surface area contributed by atoms with E-state index in [1.165, 1.54) is 11.6 Å². The van der Waals surface area contributed by atoms with Gasteiger partial charge in [0.05, 0.1) is 17.0 Å².